The van der Waals surface area contributed by atoms with Crippen LogP contribution in [0.5, 0.6) is 0 Å². The minimum Gasteiger partial charge on any atom is -0.322 e. The standard InChI is InChI=1S/C19H18N2OS/c1-12-8-13(2)10-16(9-12)19(22)21-17-6-4-15(5-7-17)18-11-23-14(3)20-18/h4-11H,1-3H3,(H,21,22). The van der Waals surface area contributed by atoms with Gasteiger partial charge in [0, 0.05) is 22.2 Å². The van der Waals surface area contributed by atoms with Crippen LogP contribution in [-0.2, 0) is 0 Å². The first-order chi connectivity index (χ1) is 11.0. The maximum atomic E-state index is 12.4. The van der Waals surface area contributed by atoms with Crippen molar-refractivity contribution >= 4 is 22.9 Å². The highest BCUT2D eigenvalue weighted by Crippen LogP contribution is 2.23. The molecule has 0 aliphatic rings. The number of thiazole rings is 1. The number of aromatic nitrogens is 1. The number of hydrogen-bond donors (Lipinski definition) is 1. The van der Waals surface area contributed by atoms with Gasteiger partial charge in [0.15, 0.2) is 0 Å². The molecule has 3 aromatic rings. The summed E-state index contributed by atoms with van der Waals surface area (Å²) in [7, 11) is 0. The van der Waals surface area contributed by atoms with Crippen LogP contribution >= 0.6 is 11.3 Å². The summed E-state index contributed by atoms with van der Waals surface area (Å²) in [4.78, 5) is 16.8. The number of nitrogens with one attached hydrogen (secondary N) is 1. The van der Waals surface area contributed by atoms with Gasteiger partial charge in [0.1, 0.15) is 0 Å². The number of carbonyl (C=O) groups is 1. The molecule has 2 aromatic carbocycles. The molecule has 1 aromatic heterocycles. The number of amides is 1. The molecule has 0 fully saturated rings. The Labute approximate surface area is 140 Å². The summed E-state index contributed by atoms with van der Waals surface area (Å²) in [6.45, 7) is 5.98. The molecule has 116 valence electrons. The van der Waals surface area contributed by atoms with Gasteiger partial charge in [-0.05, 0) is 45.0 Å². The largest absolute Gasteiger partial charge is 0.322 e. The summed E-state index contributed by atoms with van der Waals surface area (Å²) in [5.41, 5.74) is 5.67. The average molecular weight is 322 g/mol. The molecular weight excluding hydrogens is 304 g/mol. The molecule has 0 saturated heterocycles. The first-order valence-electron chi connectivity index (χ1n) is 7.43. The molecule has 1 amide bonds. The van der Waals surface area contributed by atoms with E-state index in [-0.39, 0.29) is 5.91 Å². The van der Waals surface area contributed by atoms with Gasteiger partial charge in [-0.25, -0.2) is 4.98 Å². The van der Waals surface area contributed by atoms with Crippen molar-refractivity contribution in [2.45, 2.75) is 20.8 Å². The van der Waals surface area contributed by atoms with E-state index in [2.05, 4.69) is 16.4 Å². The van der Waals surface area contributed by atoms with Gasteiger partial charge in [-0.2, -0.15) is 0 Å². The number of nitrogens with zero attached hydrogens (tertiary/aromatic N) is 1. The fourth-order valence-electron chi connectivity index (χ4n) is 2.53. The van der Waals surface area contributed by atoms with Crippen LogP contribution in [0.2, 0.25) is 0 Å². The Morgan fingerprint density at radius 2 is 1.65 bits per heavy atom. The minimum atomic E-state index is -0.0888. The Hall–Kier alpha value is -2.46. The topological polar surface area (TPSA) is 42.0 Å². The highest BCUT2D eigenvalue weighted by atomic mass is 32.1. The molecule has 0 radical (unpaired) electrons. The van der Waals surface area contributed by atoms with Crippen molar-refractivity contribution < 1.29 is 4.79 Å². The van der Waals surface area contributed by atoms with Gasteiger partial charge < -0.3 is 5.32 Å². The molecule has 0 saturated carbocycles. The Balaban J connectivity index is 1.76. The fraction of sp³-hybridized carbons (Fsp3) is 0.158. The predicted molar refractivity (Wildman–Crippen MR) is 96.2 cm³/mol. The number of rotatable bonds is 3. The van der Waals surface area contributed by atoms with Crippen molar-refractivity contribution in [3.8, 4) is 11.3 Å². The summed E-state index contributed by atoms with van der Waals surface area (Å²) in [6.07, 6.45) is 0. The third kappa shape index (κ3) is 3.66. The van der Waals surface area contributed by atoms with Crippen molar-refractivity contribution in [1.82, 2.24) is 4.98 Å². The zero-order valence-electron chi connectivity index (χ0n) is 13.4. The van der Waals surface area contributed by atoms with E-state index in [4.69, 9.17) is 0 Å². The van der Waals surface area contributed by atoms with Crippen molar-refractivity contribution in [2.24, 2.45) is 0 Å². The first kappa shape index (κ1) is 15.4. The van der Waals surface area contributed by atoms with Crippen molar-refractivity contribution in [1.29, 1.82) is 0 Å². The maximum Gasteiger partial charge on any atom is 0.255 e. The van der Waals surface area contributed by atoms with E-state index in [1.54, 1.807) is 11.3 Å². The van der Waals surface area contributed by atoms with Crippen LogP contribution in [0.15, 0.2) is 47.8 Å². The molecule has 0 spiro atoms. The third-order valence-electron chi connectivity index (χ3n) is 3.54. The Bertz CT molecular complexity index is 830. The highest BCUT2D eigenvalue weighted by molar-refractivity contribution is 7.09. The molecular formula is C19H18N2OS. The van der Waals surface area contributed by atoms with E-state index in [0.717, 1.165) is 33.1 Å². The van der Waals surface area contributed by atoms with Crippen molar-refractivity contribution in [3.63, 3.8) is 0 Å². The average Bonchev–Trinajstić information content (AvgIpc) is 2.93. The van der Waals surface area contributed by atoms with E-state index in [1.807, 2.05) is 62.5 Å². The second kappa shape index (κ2) is 6.34. The van der Waals surface area contributed by atoms with Crippen LogP contribution in [0.4, 0.5) is 5.69 Å². The summed E-state index contributed by atoms with van der Waals surface area (Å²) in [5.74, 6) is -0.0888. The van der Waals surface area contributed by atoms with Gasteiger partial charge in [0.25, 0.3) is 5.91 Å². The molecule has 3 rings (SSSR count). The van der Waals surface area contributed by atoms with Crippen LogP contribution in [0, 0.1) is 20.8 Å². The molecule has 1 heterocycles. The minimum absolute atomic E-state index is 0.0888. The van der Waals surface area contributed by atoms with Gasteiger partial charge in [-0.1, -0.05) is 29.3 Å². The molecule has 1 N–H and O–H groups in total. The molecule has 0 atom stereocenters. The number of hydrogen-bond acceptors (Lipinski definition) is 3. The molecule has 0 bridgehead atoms. The maximum absolute atomic E-state index is 12.4. The Kier molecular flexibility index (Phi) is 4.26. The zero-order valence-corrected chi connectivity index (χ0v) is 14.2. The quantitative estimate of drug-likeness (QED) is 0.738. The van der Waals surface area contributed by atoms with Gasteiger partial charge in [0.05, 0.1) is 10.7 Å². The molecule has 4 heteroatoms. The van der Waals surface area contributed by atoms with E-state index in [1.165, 1.54) is 0 Å². The number of carbonyl (C=O) groups excluding carboxylic acids is 1. The van der Waals surface area contributed by atoms with Crippen molar-refractivity contribution in [2.75, 3.05) is 5.32 Å². The lowest BCUT2D eigenvalue weighted by atomic mass is 10.1. The molecule has 23 heavy (non-hydrogen) atoms. The van der Waals surface area contributed by atoms with Crippen LogP contribution in [0.3, 0.4) is 0 Å². The van der Waals surface area contributed by atoms with E-state index in [9.17, 15) is 4.79 Å². The third-order valence-corrected chi connectivity index (χ3v) is 4.31. The number of anilines is 1. The number of benzene rings is 2. The van der Waals surface area contributed by atoms with Crippen LogP contribution in [-0.4, -0.2) is 10.9 Å². The SMILES string of the molecule is Cc1cc(C)cc(C(=O)Nc2ccc(-c3csc(C)n3)cc2)c1. The lowest BCUT2D eigenvalue weighted by Gasteiger charge is -2.08. The summed E-state index contributed by atoms with van der Waals surface area (Å²) < 4.78 is 0. The lowest BCUT2D eigenvalue weighted by Crippen LogP contribution is -2.12. The van der Waals surface area contributed by atoms with Gasteiger partial charge in [-0.15, -0.1) is 11.3 Å². The van der Waals surface area contributed by atoms with Crippen LogP contribution in [0.1, 0.15) is 26.5 Å². The molecule has 0 aliphatic heterocycles. The Morgan fingerprint density at radius 1 is 1.00 bits per heavy atom. The number of aryl methyl sites for hydroxylation is 3. The van der Waals surface area contributed by atoms with Gasteiger partial charge in [0.2, 0.25) is 0 Å². The van der Waals surface area contributed by atoms with Gasteiger partial charge in [-0.3, -0.25) is 4.79 Å². The second-order valence-corrected chi connectivity index (χ2v) is 6.72. The van der Waals surface area contributed by atoms with E-state index in [0.29, 0.717) is 5.56 Å². The lowest BCUT2D eigenvalue weighted by molar-refractivity contribution is 0.102. The molecule has 0 unspecified atom stereocenters. The first-order valence-corrected chi connectivity index (χ1v) is 8.31. The summed E-state index contributed by atoms with van der Waals surface area (Å²) >= 11 is 1.63. The zero-order chi connectivity index (χ0) is 16.4. The van der Waals surface area contributed by atoms with Crippen molar-refractivity contribution in [3.05, 3.63) is 69.5 Å². The second-order valence-electron chi connectivity index (χ2n) is 5.66. The van der Waals surface area contributed by atoms with Crippen LogP contribution < -0.4 is 5.32 Å². The summed E-state index contributed by atoms with van der Waals surface area (Å²) in [5, 5.41) is 6.03. The highest BCUT2D eigenvalue weighted by Gasteiger charge is 2.08. The van der Waals surface area contributed by atoms with E-state index < -0.39 is 0 Å². The molecule has 0 aliphatic carbocycles. The smallest absolute Gasteiger partial charge is 0.255 e. The summed E-state index contributed by atoms with van der Waals surface area (Å²) in [6, 6.07) is 13.6. The van der Waals surface area contributed by atoms with E-state index >= 15 is 0 Å². The van der Waals surface area contributed by atoms with Gasteiger partial charge >= 0.3 is 0 Å². The van der Waals surface area contributed by atoms with Crippen LogP contribution in [0.25, 0.3) is 11.3 Å². The predicted octanol–water partition coefficient (Wildman–Crippen LogP) is 4.99. The Morgan fingerprint density at radius 3 is 2.22 bits per heavy atom. The fourth-order valence-corrected chi connectivity index (χ4v) is 3.15. The monoisotopic (exact) mass is 322 g/mol. The normalized spacial score (nSPS) is 10.6. The molecule has 3 nitrogen and oxygen atoms in total.